The Morgan fingerprint density at radius 1 is 0.455 bits per heavy atom. The summed E-state index contributed by atoms with van der Waals surface area (Å²) in [5.41, 5.74) is 5.75. The van der Waals surface area contributed by atoms with Gasteiger partial charge in [0.15, 0.2) is 7.14 Å². The lowest BCUT2D eigenvalue weighted by Crippen LogP contribution is -2.30. The van der Waals surface area contributed by atoms with E-state index < -0.39 is 7.14 Å². The molecular weight excluding hydrogens is 573 g/mol. The summed E-state index contributed by atoms with van der Waals surface area (Å²) in [4.78, 5) is 2.12. The highest BCUT2D eigenvalue weighted by molar-refractivity contribution is 8.02. The van der Waals surface area contributed by atoms with Crippen LogP contribution in [-0.2, 0) is 4.57 Å². The maximum atomic E-state index is 15.6. The van der Waals surface area contributed by atoms with Gasteiger partial charge in [-0.3, -0.25) is 0 Å². The number of para-hydroxylation sites is 2. The average molecular weight is 600 g/mol. The van der Waals surface area contributed by atoms with Gasteiger partial charge in [-0.1, -0.05) is 121 Å². The second-order valence-corrected chi connectivity index (χ2v) is 15.0. The van der Waals surface area contributed by atoms with Gasteiger partial charge in [0.25, 0.3) is 0 Å². The monoisotopic (exact) mass is 599 g/mol. The Labute approximate surface area is 260 Å². The van der Waals surface area contributed by atoms with Gasteiger partial charge in [-0.05, 0) is 70.4 Å². The number of fused-ring (bicyclic) bond motifs is 6. The van der Waals surface area contributed by atoms with Crippen LogP contribution in [0.2, 0.25) is 0 Å². The molecular formula is C40H26NOPS. The van der Waals surface area contributed by atoms with Gasteiger partial charge in [0.05, 0.1) is 11.0 Å². The molecule has 0 N–H and O–H groups in total. The summed E-state index contributed by atoms with van der Waals surface area (Å²) in [6.45, 7) is 0. The van der Waals surface area contributed by atoms with Crippen LogP contribution in [0.3, 0.4) is 0 Å². The molecule has 0 radical (unpaired) electrons. The predicted molar refractivity (Wildman–Crippen MR) is 187 cm³/mol. The molecule has 9 rings (SSSR count). The number of hydrogen-bond donors (Lipinski definition) is 0. The first-order chi connectivity index (χ1) is 21.7. The van der Waals surface area contributed by atoms with Crippen LogP contribution in [-0.4, -0.2) is 4.57 Å². The molecule has 0 saturated carbocycles. The van der Waals surface area contributed by atoms with Gasteiger partial charge in [-0.15, -0.1) is 0 Å². The molecule has 0 fully saturated rings. The normalized spacial score (nSPS) is 15.8. The first-order valence-electron chi connectivity index (χ1n) is 14.8. The number of aromatic nitrogens is 1. The van der Waals surface area contributed by atoms with Crippen LogP contribution in [0, 0.1) is 0 Å². The summed E-state index contributed by atoms with van der Waals surface area (Å²) in [5, 5.41) is 7.41. The Balaban J connectivity index is 1.22. The summed E-state index contributed by atoms with van der Waals surface area (Å²) in [5.74, 6) is 0. The minimum Gasteiger partial charge on any atom is -0.309 e. The van der Waals surface area contributed by atoms with E-state index in [1.165, 1.54) is 21.8 Å². The Morgan fingerprint density at radius 3 is 1.86 bits per heavy atom. The van der Waals surface area contributed by atoms with Crippen molar-refractivity contribution in [3.63, 3.8) is 0 Å². The summed E-state index contributed by atoms with van der Waals surface area (Å²) in [7, 11) is -3.13. The van der Waals surface area contributed by atoms with E-state index in [1.807, 2.05) is 30.3 Å². The van der Waals surface area contributed by atoms with Gasteiger partial charge >= 0.3 is 0 Å². The van der Waals surface area contributed by atoms with Gasteiger partial charge in [0.2, 0.25) is 0 Å². The third kappa shape index (κ3) is 3.73. The first kappa shape index (κ1) is 25.7. The highest BCUT2D eigenvalue weighted by Crippen LogP contribution is 2.53. The van der Waals surface area contributed by atoms with Gasteiger partial charge in [-0.25, -0.2) is 0 Å². The van der Waals surface area contributed by atoms with Crippen LogP contribution < -0.4 is 15.9 Å². The maximum absolute atomic E-state index is 15.6. The van der Waals surface area contributed by atoms with E-state index in [0.29, 0.717) is 0 Å². The molecule has 2 nitrogen and oxygen atoms in total. The van der Waals surface area contributed by atoms with Crippen LogP contribution in [0.15, 0.2) is 168 Å². The quantitative estimate of drug-likeness (QED) is 0.189. The van der Waals surface area contributed by atoms with Crippen molar-refractivity contribution in [1.29, 1.82) is 0 Å². The van der Waals surface area contributed by atoms with Crippen LogP contribution in [0.25, 0.3) is 49.4 Å². The van der Waals surface area contributed by atoms with Crippen LogP contribution in [0.4, 0.5) is 0 Å². The fourth-order valence-electron chi connectivity index (χ4n) is 6.86. The van der Waals surface area contributed by atoms with Crippen molar-refractivity contribution < 1.29 is 4.57 Å². The molecule has 1 aliphatic rings. The lowest BCUT2D eigenvalue weighted by atomic mass is 10.0. The molecule has 44 heavy (non-hydrogen) atoms. The van der Waals surface area contributed by atoms with Crippen molar-refractivity contribution in [2.75, 3.05) is 0 Å². The topological polar surface area (TPSA) is 22.0 Å². The summed E-state index contributed by atoms with van der Waals surface area (Å²) in [6.07, 6.45) is 0. The van der Waals surface area contributed by atoms with E-state index in [-0.39, 0.29) is 0 Å². The van der Waals surface area contributed by atoms with Crippen LogP contribution in [0.1, 0.15) is 0 Å². The smallest absolute Gasteiger partial charge is 0.173 e. The molecule has 1 aromatic heterocycles. The third-order valence-corrected chi connectivity index (χ3v) is 13.5. The number of hydrogen-bond acceptors (Lipinski definition) is 2. The van der Waals surface area contributed by atoms with Crippen molar-refractivity contribution in [2.45, 2.75) is 9.79 Å². The zero-order valence-corrected chi connectivity index (χ0v) is 25.4. The molecule has 2 heterocycles. The van der Waals surface area contributed by atoms with Crippen molar-refractivity contribution in [3.05, 3.63) is 158 Å². The SMILES string of the molecule is O=P1(c2cccc3ccccc23)c2ccccc2Sc2cc(-c3cccc(-n4c5ccccc5c5ccccc54)c3)ccc21. The summed E-state index contributed by atoms with van der Waals surface area (Å²) in [6, 6.07) is 55.2. The molecule has 1 aliphatic heterocycles. The molecule has 0 saturated heterocycles. The molecule has 0 aliphatic carbocycles. The lowest BCUT2D eigenvalue weighted by molar-refractivity contribution is 0.592. The Kier molecular flexibility index (Phi) is 5.75. The molecule has 1 unspecified atom stereocenters. The maximum Gasteiger partial charge on any atom is 0.173 e. The lowest BCUT2D eigenvalue weighted by Gasteiger charge is -2.30. The summed E-state index contributed by atoms with van der Waals surface area (Å²) >= 11 is 1.72. The number of rotatable bonds is 3. The van der Waals surface area contributed by atoms with Crippen molar-refractivity contribution >= 4 is 67.4 Å². The number of benzene rings is 7. The number of nitrogens with zero attached hydrogens (tertiary/aromatic N) is 1. The standard InChI is InChI=1S/C40H26NOPS/c42-43(36-21-10-12-27-11-1-2-15-31(27)36)37-20-7-8-22-39(37)44-40-26-29(23-24-38(40)43)28-13-9-14-30(25-28)41-34-18-5-3-16-32(34)33-17-4-6-19-35(33)41/h1-26H. The minimum atomic E-state index is -3.13. The molecule has 208 valence electrons. The zero-order chi connectivity index (χ0) is 29.3. The van der Waals surface area contributed by atoms with E-state index in [2.05, 4.69) is 132 Å². The molecule has 0 bridgehead atoms. The van der Waals surface area contributed by atoms with E-state index in [4.69, 9.17) is 0 Å². The Bertz CT molecular complexity index is 2420. The first-order valence-corrected chi connectivity index (χ1v) is 17.3. The second kappa shape index (κ2) is 9.86. The largest absolute Gasteiger partial charge is 0.309 e. The fraction of sp³-hybridized carbons (Fsp3) is 0. The molecule has 0 amide bonds. The third-order valence-electron chi connectivity index (χ3n) is 8.85. The molecule has 7 aromatic carbocycles. The Morgan fingerprint density at radius 2 is 1.05 bits per heavy atom. The average Bonchev–Trinajstić information content (AvgIpc) is 3.42. The van der Waals surface area contributed by atoms with Crippen molar-refractivity contribution in [2.24, 2.45) is 0 Å². The molecule has 1 atom stereocenters. The highest BCUT2D eigenvalue weighted by Gasteiger charge is 2.39. The van der Waals surface area contributed by atoms with Crippen molar-refractivity contribution in [3.8, 4) is 16.8 Å². The molecule has 4 heteroatoms. The van der Waals surface area contributed by atoms with E-state index in [9.17, 15) is 0 Å². The van der Waals surface area contributed by atoms with E-state index in [0.717, 1.165) is 53.3 Å². The highest BCUT2D eigenvalue weighted by atomic mass is 32.2. The fourth-order valence-corrected chi connectivity index (χ4v) is 11.8. The summed E-state index contributed by atoms with van der Waals surface area (Å²) < 4.78 is 17.9. The van der Waals surface area contributed by atoms with Crippen molar-refractivity contribution in [1.82, 2.24) is 4.57 Å². The van der Waals surface area contributed by atoms with E-state index in [1.54, 1.807) is 11.8 Å². The molecule has 8 aromatic rings. The minimum absolute atomic E-state index is 0.908. The van der Waals surface area contributed by atoms with Gasteiger partial charge in [0, 0.05) is 42.2 Å². The van der Waals surface area contributed by atoms with Gasteiger partial charge < -0.3 is 9.13 Å². The molecule has 0 spiro atoms. The second-order valence-electron chi connectivity index (χ2n) is 11.3. The Hall–Kier alpha value is -4.82. The van der Waals surface area contributed by atoms with E-state index >= 15 is 4.57 Å². The zero-order valence-electron chi connectivity index (χ0n) is 23.7. The van der Waals surface area contributed by atoms with Gasteiger partial charge in [0.1, 0.15) is 0 Å². The van der Waals surface area contributed by atoms with Crippen LogP contribution >= 0.6 is 18.9 Å². The predicted octanol–water partition coefficient (Wildman–Crippen LogP) is 9.71. The van der Waals surface area contributed by atoms with Crippen LogP contribution in [0.5, 0.6) is 0 Å². The van der Waals surface area contributed by atoms with Gasteiger partial charge in [-0.2, -0.15) is 0 Å².